The highest BCUT2D eigenvalue weighted by molar-refractivity contribution is 5.94. The van der Waals surface area contributed by atoms with Crippen LogP contribution < -0.4 is 10.1 Å². The van der Waals surface area contributed by atoms with Crippen molar-refractivity contribution in [2.75, 3.05) is 0 Å². The monoisotopic (exact) mass is 318 g/mol. The van der Waals surface area contributed by atoms with Crippen molar-refractivity contribution in [3.63, 3.8) is 0 Å². The molecule has 0 fully saturated rings. The summed E-state index contributed by atoms with van der Waals surface area (Å²) in [7, 11) is 0. The molecule has 4 nitrogen and oxygen atoms in total. The van der Waals surface area contributed by atoms with E-state index in [0.717, 1.165) is 11.1 Å². The van der Waals surface area contributed by atoms with E-state index in [1.54, 1.807) is 12.3 Å². The highest BCUT2D eigenvalue weighted by Crippen LogP contribution is 2.20. The Morgan fingerprint density at radius 3 is 2.62 bits per heavy atom. The third kappa shape index (κ3) is 4.20. The number of amides is 1. The molecule has 3 rings (SSSR count). The zero-order valence-corrected chi connectivity index (χ0v) is 13.4. The predicted octanol–water partition coefficient (Wildman–Crippen LogP) is 4.11. The van der Waals surface area contributed by atoms with Crippen molar-refractivity contribution < 1.29 is 9.53 Å². The van der Waals surface area contributed by atoms with E-state index in [9.17, 15) is 4.79 Å². The molecule has 0 spiro atoms. The standard InChI is InChI=1S/C20H18N2O2/c1-15-8-10-17(11-9-15)20(23)22-14-16-5-4-6-18(13-16)24-19-7-2-3-12-21-19/h2-13H,14H2,1H3,(H,22,23). The number of hydrogen-bond donors (Lipinski definition) is 1. The normalized spacial score (nSPS) is 10.2. The lowest BCUT2D eigenvalue weighted by Gasteiger charge is -2.08. The molecule has 1 amide bonds. The number of carbonyl (C=O) groups is 1. The van der Waals surface area contributed by atoms with Crippen LogP contribution in [0.1, 0.15) is 21.5 Å². The van der Waals surface area contributed by atoms with Gasteiger partial charge in [0, 0.05) is 24.4 Å². The average Bonchev–Trinajstić information content (AvgIpc) is 2.61. The molecule has 1 aromatic heterocycles. The lowest BCUT2D eigenvalue weighted by molar-refractivity contribution is 0.0951. The van der Waals surface area contributed by atoms with Gasteiger partial charge in [0.25, 0.3) is 5.91 Å². The minimum atomic E-state index is -0.0916. The summed E-state index contributed by atoms with van der Waals surface area (Å²) < 4.78 is 5.70. The van der Waals surface area contributed by atoms with Crippen LogP contribution in [0.25, 0.3) is 0 Å². The summed E-state index contributed by atoms with van der Waals surface area (Å²) in [4.78, 5) is 16.3. The lowest BCUT2D eigenvalue weighted by Crippen LogP contribution is -2.22. The maximum atomic E-state index is 12.2. The number of benzene rings is 2. The molecule has 0 aliphatic heterocycles. The Labute approximate surface area is 141 Å². The van der Waals surface area contributed by atoms with Gasteiger partial charge in [-0.2, -0.15) is 0 Å². The molecule has 24 heavy (non-hydrogen) atoms. The van der Waals surface area contributed by atoms with Crippen molar-refractivity contribution >= 4 is 5.91 Å². The van der Waals surface area contributed by atoms with Crippen LogP contribution in [0.15, 0.2) is 72.9 Å². The van der Waals surface area contributed by atoms with Gasteiger partial charge in [-0.05, 0) is 42.8 Å². The molecule has 1 N–H and O–H groups in total. The highest BCUT2D eigenvalue weighted by Gasteiger charge is 2.05. The van der Waals surface area contributed by atoms with Gasteiger partial charge in [-0.3, -0.25) is 4.79 Å². The fraction of sp³-hybridized carbons (Fsp3) is 0.100. The number of carbonyl (C=O) groups excluding carboxylic acids is 1. The summed E-state index contributed by atoms with van der Waals surface area (Å²) in [5.41, 5.74) is 2.75. The molecular weight excluding hydrogens is 300 g/mol. The molecule has 3 aromatic rings. The zero-order chi connectivity index (χ0) is 16.8. The SMILES string of the molecule is Cc1ccc(C(=O)NCc2cccc(Oc3ccccn3)c2)cc1. The van der Waals surface area contributed by atoms with Gasteiger partial charge in [0.1, 0.15) is 5.75 Å². The van der Waals surface area contributed by atoms with E-state index in [2.05, 4.69) is 10.3 Å². The molecule has 0 unspecified atom stereocenters. The predicted molar refractivity (Wildman–Crippen MR) is 93.1 cm³/mol. The summed E-state index contributed by atoms with van der Waals surface area (Å²) in [5, 5.41) is 2.92. The Hall–Kier alpha value is -3.14. The molecule has 0 bridgehead atoms. The van der Waals surface area contributed by atoms with Gasteiger partial charge in [0.15, 0.2) is 0 Å². The van der Waals surface area contributed by atoms with Crippen molar-refractivity contribution in [1.82, 2.24) is 10.3 Å². The molecule has 2 aromatic carbocycles. The largest absolute Gasteiger partial charge is 0.439 e. The Kier molecular flexibility index (Phi) is 4.87. The zero-order valence-electron chi connectivity index (χ0n) is 13.4. The number of aryl methyl sites for hydroxylation is 1. The van der Waals surface area contributed by atoms with Crippen LogP contribution in [0, 0.1) is 6.92 Å². The highest BCUT2D eigenvalue weighted by atomic mass is 16.5. The van der Waals surface area contributed by atoms with E-state index in [-0.39, 0.29) is 5.91 Å². The van der Waals surface area contributed by atoms with Gasteiger partial charge in [0.05, 0.1) is 0 Å². The first-order valence-electron chi connectivity index (χ1n) is 7.73. The van der Waals surface area contributed by atoms with Crippen LogP contribution >= 0.6 is 0 Å². The van der Waals surface area contributed by atoms with Gasteiger partial charge >= 0.3 is 0 Å². The summed E-state index contributed by atoms with van der Waals surface area (Å²) in [6.45, 7) is 2.43. The summed E-state index contributed by atoms with van der Waals surface area (Å²) in [6.07, 6.45) is 1.68. The van der Waals surface area contributed by atoms with Crippen LogP contribution in [0.5, 0.6) is 11.6 Å². The maximum Gasteiger partial charge on any atom is 0.251 e. The second-order valence-electron chi connectivity index (χ2n) is 5.47. The second-order valence-corrected chi connectivity index (χ2v) is 5.47. The number of nitrogens with zero attached hydrogens (tertiary/aromatic N) is 1. The molecule has 120 valence electrons. The number of hydrogen-bond acceptors (Lipinski definition) is 3. The third-order valence-corrected chi connectivity index (χ3v) is 3.53. The first-order valence-corrected chi connectivity index (χ1v) is 7.73. The molecule has 0 saturated carbocycles. The molecule has 0 aliphatic rings. The van der Waals surface area contributed by atoms with Crippen LogP contribution in [-0.4, -0.2) is 10.9 Å². The van der Waals surface area contributed by atoms with E-state index < -0.39 is 0 Å². The van der Waals surface area contributed by atoms with Gasteiger partial charge < -0.3 is 10.1 Å². The van der Waals surface area contributed by atoms with Crippen molar-refractivity contribution in [1.29, 1.82) is 0 Å². The molecule has 0 aliphatic carbocycles. The number of rotatable bonds is 5. The smallest absolute Gasteiger partial charge is 0.251 e. The van der Waals surface area contributed by atoms with Crippen LogP contribution in [0.4, 0.5) is 0 Å². The van der Waals surface area contributed by atoms with Gasteiger partial charge in [-0.1, -0.05) is 35.9 Å². The van der Waals surface area contributed by atoms with E-state index in [4.69, 9.17) is 4.74 Å². The average molecular weight is 318 g/mol. The molecule has 1 heterocycles. The second kappa shape index (κ2) is 7.42. The van der Waals surface area contributed by atoms with Crippen molar-refractivity contribution in [2.45, 2.75) is 13.5 Å². The van der Waals surface area contributed by atoms with Gasteiger partial charge in [-0.15, -0.1) is 0 Å². The number of ether oxygens (including phenoxy) is 1. The molecule has 0 saturated heterocycles. The Morgan fingerprint density at radius 1 is 1.04 bits per heavy atom. The summed E-state index contributed by atoms with van der Waals surface area (Å²) in [6, 6.07) is 20.6. The van der Waals surface area contributed by atoms with Gasteiger partial charge in [0.2, 0.25) is 5.88 Å². The number of pyridine rings is 1. The van der Waals surface area contributed by atoms with Crippen LogP contribution in [-0.2, 0) is 6.54 Å². The van der Waals surface area contributed by atoms with E-state index in [0.29, 0.717) is 23.7 Å². The topological polar surface area (TPSA) is 51.2 Å². The van der Waals surface area contributed by atoms with Crippen molar-refractivity contribution in [3.05, 3.63) is 89.6 Å². The van der Waals surface area contributed by atoms with Gasteiger partial charge in [-0.25, -0.2) is 4.98 Å². The Bertz CT molecular complexity index is 815. The minimum absolute atomic E-state index is 0.0916. The fourth-order valence-electron chi connectivity index (χ4n) is 2.24. The molecule has 0 atom stereocenters. The summed E-state index contributed by atoms with van der Waals surface area (Å²) >= 11 is 0. The number of aromatic nitrogens is 1. The summed E-state index contributed by atoms with van der Waals surface area (Å²) in [5.74, 6) is 1.14. The van der Waals surface area contributed by atoms with Crippen LogP contribution in [0.2, 0.25) is 0 Å². The minimum Gasteiger partial charge on any atom is -0.439 e. The Morgan fingerprint density at radius 2 is 1.88 bits per heavy atom. The van der Waals surface area contributed by atoms with Crippen LogP contribution in [0.3, 0.4) is 0 Å². The van der Waals surface area contributed by atoms with E-state index in [1.165, 1.54) is 0 Å². The van der Waals surface area contributed by atoms with E-state index in [1.807, 2.05) is 67.6 Å². The Balaban J connectivity index is 1.62. The fourth-order valence-corrected chi connectivity index (χ4v) is 2.24. The quantitative estimate of drug-likeness (QED) is 0.770. The van der Waals surface area contributed by atoms with Crippen molar-refractivity contribution in [3.8, 4) is 11.6 Å². The third-order valence-electron chi connectivity index (χ3n) is 3.53. The molecular formula is C20H18N2O2. The first-order chi connectivity index (χ1) is 11.7. The van der Waals surface area contributed by atoms with Crippen molar-refractivity contribution in [2.24, 2.45) is 0 Å². The van der Waals surface area contributed by atoms with E-state index >= 15 is 0 Å². The maximum absolute atomic E-state index is 12.2. The number of nitrogens with one attached hydrogen (secondary N) is 1. The molecule has 4 heteroatoms. The lowest BCUT2D eigenvalue weighted by atomic mass is 10.1. The first kappa shape index (κ1) is 15.7. The molecule has 0 radical (unpaired) electrons.